The molecule has 41 heavy (non-hydrogen) atoms. The van der Waals surface area contributed by atoms with Crippen LogP contribution in [0, 0.1) is 6.92 Å². The maximum atomic E-state index is 14.2. The summed E-state index contributed by atoms with van der Waals surface area (Å²) >= 11 is 3.54. The fourth-order valence-corrected chi connectivity index (χ4v) is 6.08. The topological polar surface area (TPSA) is 76.3 Å². The van der Waals surface area contributed by atoms with E-state index < -0.39 is 17.8 Å². The molecule has 1 aliphatic rings. The maximum Gasteiger partial charge on any atom is 0.417 e. The van der Waals surface area contributed by atoms with Gasteiger partial charge in [0.25, 0.3) is 5.91 Å². The fraction of sp³-hybridized carbons (Fsp3) is 0.267. The predicted molar refractivity (Wildman–Crippen MR) is 151 cm³/mol. The van der Waals surface area contributed by atoms with Gasteiger partial charge in [-0.05, 0) is 78.2 Å². The van der Waals surface area contributed by atoms with E-state index in [1.807, 2.05) is 32.0 Å². The molecule has 6 rings (SSSR count). The third kappa shape index (κ3) is 4.52. The Balaban J connectivity index is 1.52. The molecule has 1 unspecified atom stereocenters. The highest BCUT2D eigenvalue weighted by Crippen LogP contribution is 2.43. The van der Waals surface area contributed by atoms with E-state index in [1.54, 1.807) is 22.8 Å². The number of alkyl halides is 3. The second-order valence-electron chi connectivity index (χ2n) is 9.89. The fourth-order valence-electron chi connectivity index (χ4n) is 5.63. The molecule has 1 atom stereocenters. The van der Waals surface area contributed by atoms with E-state index >= 15 is 0 Å². The summed E-state index contributed by atoms with van der Waals surface area (Å²) in [4.78, 5) is 19.4. The number of amides is 1. The molecule has 0 radical (unpaired) electrons. The Kier molecular flexibility index (Phi) is 6.72. The van der Waals surface area contributed by atoms with Crippen LogP contribution in [0.25, 0.3) is 22.2 Å². The van der Waals surface area contributed by atoms with Crippen molar-refractivity contribution in [2.75, 3.05) is 13.7 Å². The summed E-state index contributed by atoms with van der Waals surface area (Å²) in [6, 6.07) is 13.5. The number of carbonyl (C=O) groups excluding carboxylic acids is 1. The molecule has 1 aliphatic heterocycles. The number of benzene rings is 2. The number of carbonyl (C=O) groups is 1. The van der Waals surface area contributed by atoms with Crippen molar-refractivity contribution in [3.63, 3.8) is 0 Å². The molecule has 0 bridgehead atoms. The molecular formula is C30H26BrF3N4O3. The molecule has 1 amide bonds. The highest BCUT2D eigenvalue weighted by molar-refractivity contribution is 9.10. The lowest BCUT2D eigenvalue weighted by Gasteiger charge is -2.35. The molecule has 0 fully saturated rings. The average Bonchev–Trinajstić information content (AvgIpc) is 3.67. The number of hydrogen-bond donors (Lipinski definition) is 1. The van der Waals surface area contributed by atoms with Crippen molar-refractivity contribution in [2.24, 2.45) is 0 Å². The molecule has 11 heteroatoms. The normalized spacial score (nSPS) is 15.4. The number of aromatic nitrogens is 3. The van der Waals surface area contributed by atoms with Crippen molar-refractivity contribution >= 4 is 32.7 Å². The number of methoxy groups -OCH3 is 1. The second-order valence-corrected chi connectivity index (χ2v) is 10.7. The van der Waals surface area contributed by atoms with Crippen molar-refractivity contribution in [1.29, 1.82) is 0 Å². The van der Waals surface area contributed by atoms with Gasteiger partial charge in [-0.25, -0.2) is 0 Å². The quantitative estimate of drug-likeness (QED) is 0.219. The number of aryl methyl sites for hydroxylation is 2. The monoisotopic (exact) mass is 626 g/mol. The lowest BCUT2D eigenvalue weighted by Crippen LogP contribution is -2.41. The van der Waals surface area contributed by atoms with E-state index in [1.165, 1.54) is 24.3 Å². The van der Waals surface area contributed by atoms with Crippen LogP contribution in [-0.2, 0) is 19.1 Å². The molecule has 0 saturated heterocycles. The largest absolute Gasteiger partial charge is 0.497 e. The molecule has 4 heterocycles. The minimum atomic E-state index is -4.55. The van der Waals surface area contributed by atoms with Gasteiger partial charge in [0, 0.05) is 29.6 Å². The minimum absolute atomic E-state index is 0.0658. The van der Waals surface area contributed by atoms with Crippen LogP contribution in [0.2, 0.25) is 0 Å². The van der Waals surface area contributed by atoms with Gasteiger partial charge < -0.3 is 19.0 Å². The average molecular weight is 627 g/mol. The van der Waals surface area contributed by atoms with Gasteiger partial charge in [-0.1, -0.05) is 18.2 Å². The molecule has 0 spiro atoms. The summed E-state index contributed by atoms with van der Waals surface area (Å²) in [5, 5.41) is 5.45. The van der Waals surface area contributed by atoms with Crippen molar-refractivity contribution < 1.29 is 27.1 Å². The Labute approximate surface area is 242 Å². The number of aromatic amines is 1. The smallest absolute Gasteiger partial charge is 0.417 e. The molecule has 7 nitrogen and oxygen atoms in total. The van der Waals surface area contributed by atoms with E-state index in [2.05, 4.69) is 26.0 Å². The molecule has 5 aromatic rings. The first-order valence-corrected chi connectivity index (χ1v) is 13.9. The van der Waals surface area contributed by atoms with E-state index in [0.29, 0.717) is 46.9 Å². The van der Waals surface area contributed by atoms with E-state index in [9.17, 15) is 18.0 Å². The van der Waals surface area contributed by atoms with Gasteiger partial charge in [-0.3, -0.25) is 9.48 Å². The Morgan fingerprint density at radius 3 is 2.71 bits per heavy atom. The van der Waals surface area contributed by atoms with Crippen LogP contribution in [0.4, 0.5) is 13.2 Å². The van der Waals surface area contributed by atoms with Gasteiger partial charge in [-0.2, -0.15) is 18.3 Å². The van der Waals surface area contributed by atoms with Crippen LogP contribution in [0.15, 0.2) is 63.5 Å². The first kappa shape index (κ1) is 27.2. The summed E-state index contributed by atoms with van der Waals surface area (Å²) in [7, 11) is 1.60. The highest BCUT2D eigenvalue weighted by Gasteiger charge is 2.40. The Hall–Kier alpha value is -3.99. The Bertz CT molecular complexity index is 1790. The van der Waals surface area contributed by atoms with E-state index in [0.717, 1.165) is 28.2 Å². The van der Waals surface area contributed by atoms with E-state index in [-0.39, 0.29) is 17.2 Å². The zero-order valence-electron chi connectivity index (χ0n) is 22.5. The minimum Gasteiger partial charge on any atom is -0.497 e. The summed E-state index contributed by atoms with van der Waals surface area (Å²) < 4.78 is 55.3. The van der Waals surface area contributed by atoms with Crippen molar-refractivity contribution in [3.8, 4) is 17.1 Å². The first-order valence-electron chi connectivity index (χ1n) is 13.1. The van der Waals surface area contributed by atoms with Crippen LogP contribution in [0.3, 0.4) is 0 Å². The predicted octanol–water partition coefficient (Wildman–Crippen LogP) is 7.53. The third-order valence-corrected chi connectivity index (χ3v) is 8.50. The standard InChI is InChI=1S/C30H26BrF3N4O3/c1-4-38-28(25(31)16(2)36-38)29(39)37-14-13-18-20-15-17(40-3)9-10-22(20)35-26(18)27(37)24-12-11-23(41-24)19-7-5-6-8-21(19)30(32,33)34/h5-12,15,27,35H,4,13-14H2,1-3H3. The van der Waals surface area contributed by atoms with Crippen LogP contribution < -0.4 is 4.74 Å². The molecule has 3 aromatic heterocycles. The van der Waals surface area contributed by atoms with Gasteiger partial charge in [-0.15, -0.1) is 0 Å². The van der Waals surface area contributed by atoms with Gasteiger partial charge in [0.15, 0.2) is 0 Å². The number of nitrogens with one attached hydrogen (secondary N) is 1. The number of hydrogen-bond acceptors (Lipinski definition) is 4. The van der Waals surface area contributed by atoms with Crippen LogP contribution in [0.5, 0.6) is 5.75 Å². The van der Waals surface area contributed by atoms with Crippen molar-refractivity contribution in [2.45, 2.75) is 39.0 Å². The van der Waals surface area contributed by atoms with Gasteiger partial charge in [0.1, 0.15) is 29.0 Å². The third-order valence-electron chi connectivity index (χ3n) is 7.55. The van der Waals surface area contributed by atoms with Crippen molar-refractivity contribution in [1.82, 2.24) is 19.7 Å². The van der Waals surface area contributed by atoms with Crippen molar-refractivity contribution in [3.05, 3.63) is 93.0 Å². The van der Waals surface area contributed by atoms with Crippen LogP contribution >= 0.6 is 15.9 Å². The first-order chi connectivity index (χ1) is 19.6. The lowest BCUT2D eigenvalue weighted by molar-refractivity contribution is -0.137. The zero-order valence-corrected chi connectivity index (χ0v) is 24.1. The second kappa shape index (κ2) is 10.1. The lowest BCUT2D eigenvalue weighted by atomic mass is 9.95. The molecular weight excluding hydrogens is 601 g/mol. The van der Waals surface area contributed by atoms with Crippen LogP contribution in [-0.4, -0.2) is 39.2 Å². The SMILES string of the molecule is CCn1nc(C)c(Br)c1C(=O)N1CCc2c([nH]c3ccc(OC)cc23)C1c1ccc(-c2ccccc2C(F)(F)F)o1. The molecule has 0 saturated carbocycles. The number of rotatable bonds is 5. The number of halogens is 4. The summed E-state index contributed by atoms with van der Waals surface area (Å²) in [5.41, 5.74) is 2.84. The Morgan fingerprint density at radius 1 is 1.20 bits per heavy atom. The summed E-state index contributed by atoms with van der Waals surface area (Å²) in [6.07, 6.45) is -3.99. The zero-order chi connectivity index (χ0) is 29.1. The Morgan fingerprint density at radius 2 is 1.98 bits per heavy atom. The number of H-pyrrole nitrogens is 1. The van der Waals surface area contributed by atoms with Gasteiger partial charge in [0.05, 0.1) is 28.5 Å². The number of ether oxygens (including phenoxy) is 1. The highest BCUT2D eigenvalue weighted by atomic mass is 79.9. The van der Waals surface area contributed by atoms with Gasteiger partial charge in [0.2, 0.25) is 0 Å². The van der Waals surface area contributed by atoms with Crippen LogP contribution in [0.1, 0.15) is 51.7 Å². The van der Waals surface area contributed by atoms with E-state index in [4.69, 9.17) is 9.15 Å². The number of fused-ring (bicyclic) bond motifs is 3. The van der Waals surface area contributed by atoms with Gasteiger partial charge >= 0.3 is 6.18 Å². The maximum absolute atomic E-state index is 14.2. The summed E-state index contributed by atoms with van der Waals surface area (Å²) in [6.45, 7) is 4.57. The summed E-state index contributed by atoms with van der Waals surface area (Å²) in [5.74, 6) is 0.852. The molecule has 2 aromatic carbocycles. The molecule has 1 N–H and O–H groups in total. The number of furan rings is 1. The number of nitrogens with zero attached hydrogens (tertiary/aromatic N) is 3. The molecule has 0 aliphatic carbocycles. The molecule has 212 valence electrons.